The molecule has 0 aliphatic rings. The van der Waals surface area contributed by atoms with Gasteiger partial charge >= 0.3 is 5.97 Å². The molecule has 0 atom stereocenters. The normalized spacial score (nSPS) is 9.07. The van der Waals surface area contributed by atoms with Crippen LogP contribution in [0.2, 0.25) is 0 Å². The number of aromatic nitrogens is 2. The fourth-order valence-corrected chi connectivity index (χ4v) is 1.01. The van der Waals surface area contributed by atoms with Gasteiger partial charge in [-0.2, -0.15) is 4.57 Å². The van der Waals surface area contributed by atoms with E-state index in [-0.39, 0.29) is 29.5 Å². The Morgan fingerprint density at radius 1 is 1.57 bits per heavy atom. The van der Waals surface area contributed by atoms with Gasteiger partial charge < -0.3 is 21.7 Å². The van der Waals surface area contributed by atoms with E-state index in [0.717, 1.165) is 11.4 Å². The summed E-state index contributed by atoms with van der Waals surface area (Å²) in [5, 5.41) is 0. The first-order valence-corrected chi connectivity index (χ1v) is 4.03. The largest absolute Gasteiger partial charge is 1.00 e. The van der Waals surface area contributed by atoms with Crippen LogP contribution in [0, 0.1) is 13.8 Å². The summed E-state index contributed by atoms with van der Waals surface area (Å²) < 4.78 is 6.38. The lowest BCUT2D eigenvalue weighted by molar-refractivity contribution is -0.692. The monoisotopic (exact) mass is 260 g/mol. The van der Waals surface area contributed by atoms with E-state index in [9.17, 15) is 4.79 Å². The molecule has 0 unspecified atom stereocenters. The highest BCUT2D eigenvalue weighted by Gasteiger charge is 2.13. The Hall–Kier alpha value is -0.970. The highest BCUT2D eigenvalue weighted by atomic mass is 79.9. The predicted molar refractivity (Wildman–Crippen MR) is 45.9 cm³/mol. The van der Waals surface area contributed by atoms with Gasteiger partial charge in [-0.1, -0.05) is 0 Å². The van der Waals surface area contributed by atoms with Crippen LogP contribution in [-0.4, -0.2) is 18.1 Å². The summed E-state index contributed by atoms with van der Waals surface area (Å²) in [6.45, 7) is 4.07. The van der Waals surface area contributed by atoms with Gasteiger partial charge in [0, 0.05) is 6.92 Å². The molecule has 5 heteroatoms. The lowest BCUT2D eigenvalue weighted by atomic mass is 10.3. The lowest BCUT2D eigenvalue weighted by Gasteiger charge is -2.00. The molecule has 0 spiro atoms. The number of hydrogen-bond acceptors (Lipinski definition) is 3. The second-order valence-corrected chi connectivity index (χ2v) is 2.80. The first-order chi connectivity index (χ1) is 6.15. The van der Waals surface area contributed by atoms with Gasteiger partial charge in [0.15, 0.2) is 11.9 Å². The van der Waals surface area contributed by atoms with Crippen molar-refractivity contribution in [2.24, 2.45) is 0 Å². The molecule has 1 aromatic heterocycles. The second-order valence-electron chi connectivity index (χ2n) is 2.80. The molecule has 1 heterocycles. The van der Waals surface area contributed by atoms with E-state index in [0.29, 0.717) is 0 Å². The van der Waals surface area contributed by atoms with Crippen LogP contribution in [0.1, 0.15) is 11.4 Å². The summed E-state index contributed by atoms with van der Waals surface area (Å²) >= 11 is 0. The van der Waals surface area contributed by atoms with E-state index in [2.05, 4.69) is 9.72 Å². The molecule has 0 radical (unpaired) electrons. The number of carbonyl (C=O) groups excluding carboxylic acids is 1. The van der Waals surface area contributed by atoms with Crippen molar-refractivity contribution in [1.82, 2.24) is 4.98 Å². The molecule has 0 bridgehead atoms. The molecule has 0 aliphatic heterocycles. The van der Waals surface area contributed by atoms with Crippen LogP contribution in [0.3, 0.4) is 0 Å². The third-order valence-corrected chi connectivity index (χ3v) is 2.00. The molecular formula is C9H13BrN2O2. The number of rotatable bonds is 2. The predicted octanol–water partition coefficient (Wildman–Crippen LogP) is -2.84. The number of aryl methyl sites for hydroxylation is 1. The maximum atomic E-state index is 11.0. The molecule has 4 nitrogen and oxygen atoms in total. The molecular weight excluding hydrogens is 248 g/mol. The van der Waals surface area contributed by atoms with Crippen molar-refractivity contribution >= 4 is 5.97 Å². The van der Waals surface area contributed by atoms with Crippen molar-refractivity contribution in [1.29, 1.82) is 0 Å². The zero-order valence-electron chi connectivity index (χ0n) is 8.45. The Labute approximate surface area is 93.7 Å². The van der Waals surface area contributed by atoms with Crippen molar-refractivity contribution in [3.8, 4) is 0 Å². The number of nitrogens with zero attached hydrogens (tertiary/aromatic N) is 2. The number of hydrogen-bond donors (Lipinski definition) is 0. The molecule has 1 rings (SSSR count). The highest BCUT2D eigenvalue weighted by molar-refractivity contribution is 5.67. The third kappa shape index (κ3) is 3.06. The van der Waals surface area contributed by atoms with E-state index in [4.69, 9.17) is 0 Å². The van der Waals surface area contributed by atoms with Crippen LogP contribution in [-0.2, 0) is 16.1 Å². The minimum Gasteiger partial charge on any atom is -1.00 e. The topological polar surface area (TPSA) is 43.1 Å². The van der Waals surface area contributed by atoms with Crippen LogP contribution in [0.25, 0.3) is 0 Å². The van der Waals surface area contributed by atoms with Crippen LogP contribution in [0.15, 0.2) is 12.4 Å². The number of methoxy groups -OCH3 is 1. The van der Waals surface area contributed by atoms with Gasteiger partial charge in [-0.05, 0) is 6.92 Å². The quantitative estimate of drug-likeness (QED) is 0.425. The van der Waals surface area contributed by atoms with Crippen LogP contribution >= 0.6 is 0 Å². The van der Waals surface area contributed by atoms with Crippen LogP contribution in [0.5, 0.6) is 0 Å². The Morgan fingerprint density at radius 3 is 2.79 bits per heavy atom. The maximum Gasteiger partial charge on any atom is 0.372 e. The average molecular weight is 261 g/mol. The van der Waals surface area contributed by atoms with Gasteiger partial charge in [0.05, 0.1) is 13.3 Å². The number of ether oxygens (including phenoxy) is 1. The first kappa shape index (κ1) is 13.0. The highest BCUT2D eigenvalue weighted by Crippen LogP contribution is 1.93. The van der Waals surface area contributed by atoms with Crippen molar-refractivity contribution < 1.29 is 31.1 Å². The molecule has 0 saturated carbocycles. The summed E-state index contributed by atoms with van der Waals surface area (Å²) in [5.74, 6) is -0.251. The minimum absolute atomic E-state index is 0. The molecule has 1 aromatic rings. The SMILES string of the molecule is COC(=O)C[n+]1ccnc(C)c1C.[Br-]. The number of carbonyl (C=O) groups is 1. The zero-order valence-corrected chi connectivity index (χ0v) is 10.0. The van der Waals surface area contributed by atoms with Crippen molar-refractivity contribution in [2.45, 2.75) is 20.4 Å². The Kier molecular flexibility index (Phi) is 5.30. The van der Waals surface area contributed by atoms with Crippen LogP contribution in [0.4, 0.5) is 0 Å². The minimum atomic E-state index is -0.251. The molecule has 0 N–H and O–H groups in total. The number of esters is 1. The molecule has 0 fully saturated rings. The standard InChI is InChI=1S/C9H13N2O2.BrH/c1-7-8(2)11(5-4-10-7)6-9(12)13-3;/h4-5H,6H2,1-3H3;1H/q+1;/p-1. The average Bonchev–Trinajstić information content (AvgIpc) is 2.13. The first-order valence-electron chi connectivity index (χ1n) is 4.03. The van der Waals surface area contributed by atoms with Gasteiger partial charge in [0.1, 0.15) is 5.69 Å². The van der Waals surface area contributed by atoms with E-state index in [1.807, 2.05) is 18.4 Å². The van der Waals surface area contributed by atoms with Gasteiger partial charge in [0.25, 0.3) is 0 Å². The summed E-state index contributed by atoms with van der Waals surface area (Å²) in [6.07, 6.45) is 3.44. The van der Waals surface area contributed by atoms with Crippen molar-refractivity contribution in [3.05, 3.63) is 23.8 Å². The van der Waals surface area contributed by atoms with E-state index < -0.39 is 0 Å². The second kappa shape index (κ2) is 5.70. The molecule has 0 aliphatic carbocycles. The molecule has 0 saturated heterocycles. The maximum absolute atomic E-state index is 11.0. The van der Waals surface area contributed by atoms with E-state index in [1.54, 1.807) is 12.4 Å². The van der Waals surface area contributed by atoms with Crippen molar-refractivity contribution in [2.75, 3.05) is 7.11 Å². The molecule has 78 valence electrons. The fraction of sp³-hybridized carbons (Fsp3) is 0.444. The summed E-state index contributed by atoms with van der Waals surface area (Å²) in [5.41, 5.74) is 1.90. The summed E-state index contributed by atoms with van der Waals surface area (Å²) in [6, 6.07) is 0. The molecule has 0 amide bonds. The smallest absolute Gasteiger partial charge is 0.372 e. The lowest BCUT2D eigenvalue weighted by Crippen LogP contribution is -3.00. The van der Waals surface area contributed by atoms with E-state index in [1.165, 1.54) is 7.11 Å². The Balaban J connectivity index is 0.00000169. The van der Waals surface area contributed by atoms with Gasteiger partial charge in [0.2, 0.25) is 6.54 Å². The Morgan fingerprint density at radius 2 is 2.21 bits per heavy atom. The summed E-state index contributed by atoms with van der Waals surface area (Å²) in [7, 11) is 1.38. The third-order valence-electron chi connectivity index (χ3n) is 2.00. The van der Waals surface area contributed by atoms with Gasteiger partial charge in [-0.3, -0.25) is 0 Å². The Bertz CT molecular complexity index is 329. The molecule has 0 aromatic carbocycles. The number of halogens is 1. The van der Waals surface area contributed by atoms with E-state index >= 15 is 0 Å². The zero-order chi connectivity index (χ0) is 9.84. The summed E-state index contributed by atoms with van der Waals surface area (Å²) in [4.78, 5) is 15.1. The van der Waals surface area contributed by atoms with Gasteiger partial charge in [-0.15, -0.1) is 0 Å². The molecule has 14 heavy (non-hydrogen) atoms. The van der Waals surface area contributed by atoms with Gasteiger partial charge in [-0.25, -0.2) is 9.78 Å². The fourth-order valence-electron chi connectivity index (χ4n) is 1.01. The van der Waals surface area contributed by atoms with Crippen molar-refractivity contribution in [3.63, 3.8) is 0 Å². The van der Waals surface area contributed by atoms with Crippen LogP contribution < -0.4 is 21.5 Å².